The summed E-state index contributed by atoms with van der Waals surface area (Å²) in [4.78, 5) is 28.5. The second-order valence-corrected chi connectivity index (χ2v) is 6.65. The molecule has 3 heterocycles. The lowest BCUT2D eigenvalue weighted by molar-refractivity contribution is -0.695. The Labute approximate surface area is 147 Å². The van der Waals surface area contributed by atoms with Crippen LogP contribution >= 0.6 is 0 Å². The van der Waals surface area contributed by atoms with Crippen molar-refractivity contribution in [1.82, 2.24) is 4.90 Å². The maximum Gasteiger partial charge on any atom is 0.261 e. The van der Waals surface area contributed by atoms with E-state index in [1.807, 2.05) is 17.0 Å². The summed E-state index contributed by atoms with van der Waals surface area (Å²) >= 11 is 0. The molecule has 128 valence electrons. The van der Waals surface area contributed by atoms with Crippen molar-refractivity contribution in [3.63, 3.8) is 0 Å². The van der Waals surface area contributed by atoms with Crippen molar-refractivity contribution in [3.05, 3.63) is 59.9 Å². The molecule has 0 spiro atoms. The van der Waals surface area contributed by atoms with Gasteiger partial charge in [-0.3, -0.25) is 14.5 Å². The molecule has 1 aromatic heterocycles. The number of aromatic nitrogens is 1. The SMILES string of the molecule is O=C1c2ccccc2C(=O)N1CC[n+]1ccc(N2CCCCC2)cc1. The zero-order chi connectivity index (χ0) is 17.2. The van der Waals surface area contributed by atoms with Crippen LogP contribution in [0.5, 0.6) is 0 Å². The summed E-state index contributed by atoms with van der Waals surface area (Å²) in [7, 11) is 0. The van der Waals surface area contributed by atoms with E-state index in [9.17, 15) is 9.59 Å². The molecule has 0 bridgehead atoms. The Kier molecular flexibility index (Phi) is 4.22. The molecule has 0 saturated carbocycles. The number of carbonyl (C=O) groups excluding carboxylic acids is 2. The van der Waals surface area contributed by atoms with E-state index in [1.165, 1.54) is 29.8 Å². The normalized spacial score (nSPS) is 17.1. The average molecular weight is 336 g/mol. The fourth-order valence-electron chi connectivity index (χ4n) is 3.62. The van der Waals surface area contributed by atoms with Crippen LogP contribution in [0.2, 0.25) is 0 Å². The van der Waals surface area contributed by atoms with Gasteiger partial charge in [0.05, 0.1) is 17.7 Å². The van der Waals surface area contributed by atoms with E-state index < -0.39 is 0 Å². The number of hydrogen-bond donors (Lipinski definition) is 0. The molecule has 1 fully saturated rings. The highest BCUT2D eigenvalue weighted by atomic mass is 16.2. The van der Waals surface area contributed by atoms with Gasteiger partial charge in [-0.05, 0) is 31.4 Å². The van der Waals surface area contributed by atoms with Crippen molar-refractivity contribution in [2.24, 2.45) is 0 Å². The van der Waals surface area contributed by atoms with Gasteiger partial charge >= 0.3 is 0 Å². The highest BCUT2D eigenvalue weighted by molar-refractivity contribution is 6.21. The lowest BCUT2D eigenvalue weighted by Gasteiger charge is -2.28. The summed E-state index contributed by atoms with van der Waals surface area (Å²) < 4.78 is 2.02. The van der Waals surface area contributed by atoms with Gasteiger partial charge in [0.25, 0.3) is 11.8 Å². The number of anilines is 1. The van der Waals surface area contributed by atoms with Gasteiger partial charge in [0.15, 0.2) is 18.9 Å². The zero-order valence-corrected chi connectivity index (χ0v) is 14.2. The van der Waals surface area contributed by atoms with Gasteiger partial charge < -0.3 is 4.90 Å². The van der Waals surface area contributed by atoms with Crippen molar-refractivity contribution in [2.75, 3.05) is 24.5 Å². The number of benzene rings is 1. The first-order chi connectivity index (χ1) is 12.2. The molecule has 0 atom stereocenters. The highest BCUT2D eigenvalue weighted by Crippen LogP contribution is 2.22. The van der Waals surface area contributed by atoms with E-state index in [1.54, 1.807) is 24.3 Å². The Bertz CT molecular complexity index is 760. The van der Waals surface area contributed by atoms with Crippen molar-refractivity contribution < 1.29 is 14.2 Å². The van der Waals surface area contributed by atoms with Gasteiger partial charge in [0, 0.05) is 30.9 Å². The molecule has 0 radical (unpaired) electrons. The van der Waals surface area contributed by atoms with E-state index in [2.05, 4.69) is 17.0 Å². The molecule has 2 aliphatic rings. The molecular weight excluding hydrogens is 314 g/mol. The van der Waals surface area contributed by atoms with E-state index in [4.69, 9.17) is 0 Å². The Balaban J connectivity index is 1.40. The van der Waals surface area contributed by atoms with Gasteiger partial charge in [-0.25, -0.2) is 4.57 Å². The number of nitrogens with zero attached hydrogens (tertiary/aromatic N) is 3. The molecule has 4 rings (SSSR count). The van der Waals surface area contributed by atoms with Crippen LogP contribution < -0.4 is 9.47 Å². The van der Waals surface area contributed by atoms with Crippen LogP contribution in [0.25, 0.3) is 0 Å². The van der Waals surface area contributed by atoms with Crippen LogP contribution in [0, 0.1) is 0 Å². The smallest absolute Gasteiger partial charge is 0.261 e. The summed E-state index contributed by atoms with van der Waals surface area (Å²) in [5, 5.41) is 0. The van der Waals surface area contributed by atoms with Crippen LogP contribution in [0.4, 0.5) is 5.69 Å². The minimum absolute atomic E-state index is 0.189. The molecule has 0 unspecified atom stereocenters. The standard InChI is InChI=1S/C20H22N3O2/c24-19-17-6-2-3-7-18(17)20(25)23(19)15-14-21-12-8-16(9-13-21)22-10-4-1-5-11-22/h2-3,6-9,12-13H,1,4-5,10-11,14-15H2/q+1. The van der Waals surface area contributed by atoms with Crippen molar-refractivity contribution in [1.29, 1.82) is 0 Å². The second kappa shape index (κ2) is 6.67. The van der Waals surface area contributed by atoms with Crippen LogP contribution in [0.15, 0.2) is 48.8 Å². The van der Waals surface area contributed by atoms with Crippen LogP contribution in [-0.4, -0.2) is 36.3 Å². The summed E-state index contributed by atoms with van der Waals surface area (Å²) in [6.07, 6.45) is 7.90. The minimum Gasteiger partial charge on any atom is -0.371 e. The summed E-state index contributed by atoms with van der Waals surface area (Å²) in [5.41, 5.74) is 2.27. The Morgan fingerprint density at radius 2 is 1.44 bits per heavy atom. The zero-order valence-electron chi connectivity index (χ0n) is 14.2. The first kappa shape index (κ1) is 15.8. The number of carbonyl (C=O) groups is 2. The summed E-state index contributed by atoms with van der Waals surface area (Å²) in [6, 6.07) is 11.3. The van der Waals surface area contributed by atoms with Gasteiger partial charge in [-0.15, -0.1) is 0 Å². The summed E-state index contributed by atoms with van der Waals surface area (Å²) in [6.45, 7) is 3.24. The Morgan fingerprint density at radius 3 is 2.04 bits per heavy atom. The first-order valence-electron chi connectivity index (χ1n) is 8.93. The van der Waals surface area contributed by atoms with Gasteiger partial charge in [0.1, 0.15) is 0 Å². The quantitative estimate of drug-likeness (QED) is 0.635. The topological polar surface area (TPSA) is 44.5 Å². The average Bonchev–Trinajstić information content (AvgIpc) is 2.92. The number of hydrogen-bond acceptors (Lipinski definition) is 3. The molecule has 2 aliphatic heterocycles. The number of amides is 2. The lowest BCUT2D eigenvalue weighted by Crippen LogP contribution is -2.42. The monoisotopic (exact) mass is 336 g/mol. The van der Waals surface area contributed by atoms with E-state index in [0.717, 1.165) is 13.1 Å². The number of fused-ring (bicyclic) bond motifs is 1. The fraction of sp³-hybridized carbons (Fsp3) is 0.350. The molecule has 25 heavy (non-hydrogen) atoms. The molecule has 5 heteroatoms. The second-order valence-electron chi connectivity index (χ2n) is 6.65. The maximum absolute atomic E-state index is 12.4. The minimum atomic E-state index is -0.189. The molecule has 1 aromatic carbocycles. The van der Waals surface area contributed by atoms with Gasteiger partial charge in [0.2, 0.25) is 0 Å². The van der Waals surface area contributed by atoms with Gasteiger partial charge in [-0.2, -0.15) is 0 Å². The Hall–Kier alpha value is -2.69. The third-order valence-electron chi connectivity index (χ3n) is 5.05. The number of pyridine rings is 1. The van der Waals surface area contributed by atoms with Crippen molar-refractivity contribution in [3.8, 4) is 0 Å². The van der Waals surface area contributed by atoms with Crippen molar-refractivity contribution in [2.45, 2.75) is 25.8 Å². The van der Waals surface area contributed by atoms with E-state index in [0.29, 0.717) is 24.2 Å². The molecule has 1 saturated heterocycles. The van der Waals surface area contributed by atoms with Crippen molar-refractivity contribution >= 4 is 17.5 Å². The molecule has 2 aromatic rings. The Morgan fingerprint density at radius 1 is 0.840 bits per heavy atom. The molecule has 5 nitrogen and oxygen atoms in total. The molecular formula is C20H22N3O2+. The van der Waals surface area contributed by atoms with E-state index in [-0.39, 0.29) is 11.8 Å². The molecule has 0 N–H and O–H groups in total. The first-order valence-corrected chi connectivity index (χ1v) is 8.93. The third kappa shape index (κ3) is 3.02. The highest BCUT2D eigenvalue weighted by Gasteiger charge is 2.35. The number of piperidine rings is 1. The predicted molar refractivity (Wildman–Crippen MR) is 94.5 cm³/mol. The van der Waals surface area contributed by atoms with Crippen LogP contribution in [0.3, 0.4) is 0 Å². The third-order valence-corrected chi connectivity index (χ3v) is 5.05. The van der Waals surface area contributed by atoms with E-state index >= 15 is 0 Å². The summed E-state index contributed by atoms with van der Waals surface area (Å²) in [5.74, 6) is -0.378. The van der Waals surface area contributed by atoms with Crippen LogP contribution in [-0.2, 0) is 6.54 Å². The molecule has 0 aliphatic carbocycles. The maximum atomic E-state index is 12.4. The predicted octanol–water partition coefficient (Wildman–Crippen LogP) is 2.26. The largest absolute Gasteiger partial charge is 0.371 e. The number of imide groups is 1. The lowest BCUT2D eigenvalue weighted by atomic mass is 10.1. The fourth-order valence-corrected chi connectivity index (χ4v) is 3.62. The van der Waals surface area contributed by atoms with Gasteiger partial charge in [-0.1, -0.05) is 12.1 Å². The number of rotatable bonds is 4. The van der Waals surface area contributed by atoms with Crippen LogP contribution in [0.1, 0.15) is 40.0 Å². The molecule has 2 amide bonds.